The number of allylic oxidation sites excluding steroid dienone is 3. The van der Waals surface area contributed by atoms with Gasteiger partial charge in [0.2, 0.25) is 11.6 Å². The highest BCUT2D eigenvalue weighted by molar-refractivity contribution is 6.10. The van der Waals surface area contributed by atoms with Crippen molar-refractivity contribution in [1.82, 2.24) is 58.9 Å². The number of ether oxygens (including phenoxy) is 1. The fraction of sp³-hybridized carbons (Fsp3) is 0.222. The van der Waals surface area contributed by atoms with Crippen LogP contribution in [0.5, 0.6) is 0 Å². The van der Waals surface area contributed by atoms with Gasteiger partial charge in [-0.1, -0.05) is 150 Å². The molecule has 1 aliphatic carbocycles. The predicted molar refractivity (Wildman–Crippen MR) is 461 cm³/mol. The summed E-state index contributed by atoms with van der Waals surface area (Å²) in [6, 6.07) is 41.1. The minimum absolute atomic E-state index is 0.0174. The van der Waals surface area contributed by atoms with Gasteiger partial charge in [0.05, 0.1) is 48.1 Å². The van der Waals surface area contributed by atoms with Crippen LogP contribution in [0, 0.1) is 54.0 Å². The van der Waals surface area contributed by atoms with Crippen molar-refractivity contribution < 1.29 is 39.2 Å². The van der Waals surface area contributed by atoms with Gasteiger partial charge < -0.3 is 72.5 Å². The van der Waals surface area contributed by atoms with E-state index in [9.17, 15) is 34.5 Å². The summed E-state index contributed by atoms with van der Waals surface area (Å²) in [6.45, 7) is 45.9. The zero-order valence-corrected chi connectivity index (χ0v) is 67.0. The second-order valence-electron chi connectivity index (χ2n) is 28.6. The monoisotopic (exact) mass is 1590 g/mol. The van der Waals surface area contributed by atoms with E-state index in [-0.39, 0.29) is 48.4 Å². The lowest BCUT2D eigenvalue weighted by Gasteiger charge is -2.19. The number of aromatic nitrogens is 11. The number of Topliss-reactive ketones (excluding diaryl/α,β-unsaturated/α-hetero) is 1. The molecular weight excluding hydrogens is 1500 g/mol. The summed E-state index contributed by atoms with van der Waals surface area (Å²) in [5, 5.41) is 33.0. The highest BCUT2D eigenvalue weighted by Crippen LogP contribution is 2.44. The molecule has 29 heteroatoms. The number of nitrogens with one attached hydrogen (secondary N) is 1. The van der Waals surface area contributed by atoms with Crippen LogP contribution < -0.4 is 34.0 Å². The molecule has 0 aliphatic heterocycles. The number of nitrogen functional groups attached to an aromatic ring is 4. The molecule has 0 fully saturated rings. The zero-order chi connectivity index (χ0) is 85.8. The first-order valence-corrected chi connectivity index (χ1v) is 37.7. The first-order valence-electron chi connectivity index (χ1n) is 37.7. The van der Waals surface area contributed by atoms with Crippen LogP contribution in [-0.2, 0) is 56.5 Å². The van der Waals surface area contributed by atoms with Gasteiger partial charge in [-0.15, -0.1) is 0 Å². The SMILES string of the molecule is [C-]#[N+]/C(=C\C1=C(c2ccc(C)cc2)c2c(N)ncnc2C1)C(C)=O.[C-]#[N+]/C(=C\c1c(-c2ccc(C)cc2)c2c(N)ncnc2n1CCCO)C(=O)NCc1ccccc1.[C-]#[N+]/C(=C\c1c(-c2ccc(C)cc2)c2c(N)ncnc2n1CCCO)C(=O)OC(C)(C)C.[C-]#[N+]/C(=C\c1c(-c2ccc(C)cc2)c2c(N)ncnc2n1CCCO)C(N)=O. The highest BCUT2D eigenvalue weighted by Gasteiger charge is 2.30. The smallest absolute Gasteiger partial charge is 0.336 e. The maximum Gasteiger partial charge on any atom is 0.336 e. The number of ketones is 1. The minimum Gasteiger partial charge on any atom is -0.465 e. The van der Waals surface area contributed by atoms with E-state index in [1.54, 1.807) is 32.9 Å². The lowest BCUT2D eigenvalue weighted by molar-refractivity contribution is -0.149. The number of nitrogens with two attached hydrogens (primary N) is 5. The average Bonchev–Trinajstić information content (AvgIpc) is 1.61. The molecule has 0 radical (unpaired) electrons. The van der Waals surface area contributed by atoms with E-state index in [1.807, 2.05) is 169 Å². The molecule has 0 bridgehead atoms. The molecule has 7 heterocycles. The standard InChI is InChI=1S/C27H26N6O2.C24H27N5O3.C20H20N6O2.C19H16N4O/c1-18-9-11-20(12-10-18)23-22(33(13-6-14-34)26-24(23)25(28)31-17-32-26)15-21(29-2)27(35)30-16-19-7-4-3-5-8-19;1-15-7-9-16(10-8-15)19-18(13-17(26-5)23(31)32-24(2,3)4)29(11-6-12-30)22-20(19)21(25)27-14-28-22;1-12-4-6-13(7-5-12)16-15(10-14(23-2)19(22)28)26(8-3-9-27)20-17(16)18(21)24-11-25-20;1-11-4-6-13(7-5-11)17-14(8-15(21-3)12(2)24)9-16-18(17)19(20)23-10-22-16/h3-5,7-12,15,17,34H,6,13-14,16H2,1H3,(H,30,35)(H2,28,31,32);7-10,13-14,30H,6,11-12H2,1-4H3,(H2,25,27,28);4-7,10-11,27H,3,8-9H2,1H3,(H2,22,28)(H2,21,24,25);4-8,10H,9H2,1-2H3,(H2,20,22,23)/b21-15-;17-13-;14-10-;15-8-. The van der Waals surface area contributed by atoms with Crippen molar-refractivity contribution in [2.75, 3.05) is 42.8 Å². The van der Waals surface area contributed by atoms with E-state index in [0.717, 1.165) is 83.6 Å². The third-order valence-corrected chi connectivity index (χ3v) is 19.0. The second-order valence-corrected chi connectivity index (χ2v) is 28.6. The fourth-order valence-corrected chi connectivity index (χ4v) is 13.3. The Morgan fingerprint density at radius 1 is 0.471 bits per heavy atom. The number of benzene rings is 5. The van der Waals surface area contributed by atoms with E-state index in [1.165, 1.54) is 44.4 Å². The quantitative estimate of drug-likeness (QED) is 0.0163. The van der Waals surface area contributed by atoms with Crippen LogP contribution >= 0.6 is 0 Å². The van der Waals surface area contributed by atoms with Crippen molar-refractivity contribution in [3.05, 3.63) is 295 Å². The Bertz CT molecular complexity index is 6160. The number of carbonyl (C=O) groups is 4. The zero-order valence-electron chi connectivity index (χ0n) is 67.0. The van der Waals surface area contributed by atoms with E-state index in [2.05, 4.69) is 64.6 Å². The first kappa shape index (κ1) is 86.3. The molecule has 7 aromatic heterocycles. The van der Waals surface area contributed by atoms with E-state index in [4.69, 9.17) is 59.7 Å². The molecule has 13 rings (SSSR count). The summed E-state index contributed by atoms with van der Waals surface area (Å²) in [5.74, 6) is -0.950. The number of hydrogen-bond donors (Lipinski definition) is 9. The Labute approximate surface area is 687 Å². The number of primary amides is 1. The Balaban J connectivity index is 0.000000168. The van der Waals surface area contributed by atoms with Crippen LogP contribution in [0.4, 0.5) is 23.3 Å². The number of fused-ring (bicyclic) bond motifs is 4. The number of aryl methyl sites for hydroxylation is 7. The first-order chi connectivity index (χ1) is 57.2. The van der Waals surface area contributed by atoms with Crippen molar-refractivity contribution >= 4 is 104 Å². The molecule has 5 aromatic carbocycles. The molecule has 602 valence electrons. The van der Waals surface area contributed by atoms with Crippen molar-refractivity contribution in [2.24, 2.45) is 5.73 Å². The molecule has 0 saturated carbocycles. The van der Waals surface area contributed by atoms with E-state index >= 15 is 0 Å². The summed E-state index contributed by atoms with van der Waals surface area (Å²) in [6.07, 6.45) is 13.7. The van der Waals surface area contributed by atoms with E-state index < -0.39 is 23.4 Å². The summed E-state index contributed by atoms with van der Waals surface area (Å²) in [7, 11) is 0. The van der Waals surface area contributed by atoms with Crippen LogP contribution in [0.15, 0.2) is 187 Å². The molecule has 119 heavy (non-hydrogen) atoms. The van der Waals surface area contributed by atoms with Gasteiger partial charge in [0, 0.05) is 91.8 Å². The highest BCUT2D eigenvalue weighted by atomic mass is 16.6. The predicted octanol–water partition coefficient (Wildman–Crippen LogP) is 13.2. The van der Waals surface area contributed by atoms with Crippen LogP contribution in [0.1, 0.15) is 109 Å². The van der Waals surface area contributed by atoms with Crippen molar-refractivity contribution in [2.45, 2.75) is 113 Å². The molecule has 2 amide bonds. The number of amides is 2. The maximum atomic E-state index is 13.0. The second kappa shape index (κ2) is 39.3. The summed E-state index contributed by atoms with van der Waals surface area (Å²) >= 11 is 0. The Morgan fingerprint density at radius 2 is 0.832 bits per heavy atom. The molecule has 12 aromatic rings. The lowest BCUT2D eigenvalue weighted by Crippen LogP contribution is -2.24. The molecular formula is C90H89N21O8. The average molecular weight is 1590 g/mol. The van der Waals surface area contributed by atoms with Crippen LogP contribution in [0.3, 0.4) is 0 Å². The molecule has 0 saturated heterocycles. The summed E-state index contributed by atoms with van der Waals surface area (Å²) < 4.78 is 11.0. The van der Waals surface area contributed by atoms with Gasteiger partial charge in [0.15, 0.2) is 5.78 Å². The molecule has 29 nitrogen and oxygen atoms in total. The van der Waals surface area contributed by atoms with Gasteiger partial charge in [-0.05, 0) is 138 Å². The third kappa shape index (κ3) is 20.3. The number of nitrogens with zero attached hydrogens (tertiary/aromatic N) is 15. The van der Waals surface area contributed by atoms with E-state index in [0.29, 0.717) is 131 Å². The van der Waals surface area contributed by atoms with Crippen LogP contribution in [-0.4, -0.2) is 118 Å². The molecule has 14 N–H and O–H groups in total. The Morgan fingerprint density at radius 3 is 1.19 bits per heavy atom. The van der Waals surface area contributed by atoms with Gasteiger partial charge in [-0.3, -0.25) is 14.4 Å². The lowest BCUT2D eigenvalue weighted by atomic mass is 9.97. The largest absolute Gasteiger partial charge is 0.465 e. The van der Waals surface area contributed by atoms with Gasteiger partial charge in [-0.25, -0.2) is 59.3 Å². The summed E-state index contributed by atoms with van der Waals surface area (Å²) in [5.41, 5.74) is 47.1. The number of esters is 1. The minimum atomic E-state index is -0.817. The molecule has 0 spiro atoms. The normalized spacial score (nSPS) is 12.1. The van der Waals surface area contributed by atoms with Gasteiger partial charge in [0.1, 0.15) is 71.1 Å². The number of rotatable bonds is 23. The number of hydrogen-bond acceptors (Lipinski definition) is 20. The summed E-state index contributed by atoms with van der Waals surface area (Å²) in [4.78, 5) is 96.6. The molecule has 0 unspecified atom stereocenters. The molecule has 1 aliphatic rings. The Kier molecular flexibility index (Phi) is 28.5. The molecule has 0 atom stereocenters. The number of aliphatic hydroxyl groups excluding tert-OH is 3. The van der Waals surface area contributed by atoms with Crippen LogP contribution in [0.25, 0.3) is 110 Å². The van der Waals surface area contributed by atoms with Gasteiger partial charge in [0.25, 0.3) is 23.0 Å². The van der Waals surface area contributed by atoms with Crippen molar-refractivity contribution in [3.63, 3.8) is 0 Å². The maximum absolute atomic E-state index is 13.0. The third-order valence-electron chi connectivity index (χ3n) is 19.0. The van der Waals surface area contributed by atoms with Crippen LogP contribution in [0.2, 0.25) is 0 Å². The topological polar surface area (TPSA) is 416 Å². The number of carbonyl (C=O) groups excluding carboxylic acids is 4. The Hall–Kier alpha value is -15.1. The van der Waals surface area contributed by atoms with Crippen molar-refractivity contribution in [3.8, 4) is 33.4 Å². The van der Waals surface area contributed by atoms with Gasteiger partial charge in [-0.2, -0.15) is 0 Å². The van der Waals surface area contributed by atoms with Gasteiger partial charge >= 0.3 is 5.97 Å². The number of aliphatic hydroxyl groups is 3. The van der Waals surface area contributed by atoms with Crippen molar-refractivity contribution in [1.29, 1.82) is 0 Å². The number of anilines is 4. The fourth-order valence-electron chi connectivity index (χ4n) is 13.3.